The highest BCUT2D eigenvalue weighted by molar-refractivity contribution is 8.00. The molecule has 0 spiro atoms. The fraction of sp³-hybridized carbons (Fsp3) is 0.417. The van der Waals surface area contributed by atoms with Crippen molar-refractivity contribution in [1.29, 1.82) is 0 Å². The van der Waals surface area contributed by atoms with Gasteiger partial charge in [-0.05, 0) is 13.0 Å². The largest absolute Gasteiger partial charge is 0.392 e. The van der Waals surface area contributed by atoms with Gasteiger partial charge in [0.05, 0.1) is 11.9 Å². The number of amides is 1. The van der Waals surface area contributed by atoms with E-state index in [4.69, 9.17) is 0 Å². The van der Waals surface area contributed by atoms with Crippen LogP contribution in [0.3, 0.4) is 0 Å². The second-order valence-electron chi connectivity index (χ2n) is 4.08. The highest BCUT2D eigenvalue weighted by Gasteiger charge is 2.34. The Morgan fingerprint density at radius 1 is 1.59 bits per heavy atom. The lowest BCUT2D eigenvalue weighted by molar-refractivity contribution is -0.129. The van der Waals surface area contributed by atoms with Crippen LogP contribution in [0.15, 0.2) is 24.3 Å². The zero-order valence-corrected chi connectivity index (χ0v) is 10.3. The maximum atomic E-state index is 13.7. The molecule has 2 rings (SSSR count). The summed E-state index contributed by atoms with van der Waals surface area (Å²) >= 11 is 1.39. The van der Waals surface area contributed by atoms with Gasteiger partial charge in [-0.3, -0.25) is 4.79 Å². The van der Waals surface area contributed by atoms with Crippen LogP contribution in [-0.4, -0.2) is 34.3 Å². The summed E-state index contributed by atoms with van der Waals surface area (Å²) in [5.41, 5.74) is 0.504. The maximum Gasteiger partial charge on any atom is 0.233 e. The second-order valence-corrected chi connectivity index (χ2v) is 5.15. The summed E-state index contributed by atoms with van der Waals surface area (Å²) in [5, 5.41) is 9.05. The molecule has 0 saturated carbocycles. The smallest absolute Gasteiger partial charge is 0.233 e. The molecular formula is C12H14FNO2S. The van der Waals surface area contributed by atoms with Crippen LogP contribution in [0.4, 0.5) is 4.39 Å². The van der Waals surface area contributed by atoms with Crippen molar-refractivity contribution in [2.24, 2.45) is 0 Å². The Kier molecular flexibility index (Phi) is 3.69. The molecule has 17 heavy (non-hydrogen) atoms. The quantitative estimate of drug-likeness (QED) is 0.895. The van der Waals surface area contributed by atoms with E-state index in [0.29, 0.717) is 11.3 Å². The van der Waals surface area contributed by atoms with Crippen molar-refractivity contribution >= 4 is 17.7 Å². The number of carbonyl (C=O) groups is 1. The molecule has 1 saturated heterocycles. The molecule has 0 unspecified atom stereocenters. The van der Waals surface area contributed by atoms with E-state index in [-0.39, 0.29) is 23.6 Å². The number of β-amino-alcohol motifs (C(OH)–C–C–N with tert-alkyl or cyclic N) is 1. The van der Waals surface area contributed by atoms with Gasteiger partial charge in [0.25, 0.3) is 0 Å². The lowest BCUT2D eigenvalue weighted by atomic mass is 10.2. The number of carbonyl (C=O) groups excluding carboxylic acids is 1. The van der Waals surface area contributed by atoms with Crippen LogP contribution < -0.4 is 0 Å². The number of benzene rings is 1. The van der Waals surface area contributed by atoms with Crippen LogP contribution in [0.5, 0.6) is 0 Å². The average molecular weight is 255 g/mol. The molecule has 0 bridgehead atoms. The average Bonchev–Trinajstić information content (AvgIpc) is 2.61. The van der Waals surface area contributed by atoms with Gasteiger partial charge >= 0.3 is 0 Å². The van der Waals surface area contributed by atoms with Crippen molar-refractivity contribution in [1.82, 2.24) is 4.90 Å². The minimum Gasteiger partial charge on any atom is -0.392 e. The Labute approximate surface area is 104 Å². The van der Waals surface area contributed by atoms with Gasteiger partial charge in [-0.2, -0.15) is 0 Å². The molecule has 1 amide bonds. The number of hydrogen-bond acceptors (Lipinski definition) is 3. The number of nitrogens with zero attached hydrogens (tertiary/aromatic N) is 1. The van der Waals surface area contributed by atoms with Crippen LogP contribution in [-0.2, 0) is 4.79 Å². The number of thioether (sulfide) groups is 1. The van der Waals surface area contributed by atoms with E-state index in [9.17, 15) is 14.3 Å². The minimum absolute atomic E-state index is 0.0517. The molecule has 1 aliphatic rings. The molecule has 1 fully saturated rings. The van der Waals surface area contributed by atoms with Crippen LogP contribution in [0.2, 0.25) is 0 Å². The van der Waals surface area contributed by atoms with E-state index >= 15 is 0 Å². The Hall–Kier alpha value is -1.07. The third-order valence-electron chi connectivity index (χ3n) is 2.60. The Balaban J connectivity index is 2.25. The van der Waals surface area contributed by atoms with Crippen molar-refractivity contribution in [3.63, 3.8) is 0 Å². The molecule has 3 nitrogen and oxygen atoms in total. The SMILES string of the molecule is C[C@H](O)CN1C(=O)CS[C@H]1c1ccccc1F. The molecule has 1 aromatic rings. The van der Waals surface area contributed by atoms with Crippen molar-refractivity contribution in [3.8, 4) is 0 Å². The zero-order chi connectivity index (χ0) is 12.4. The van der Waals surface area contributed by atoms with E-state index < -0.39 is 6.10 Å². The molecular weight excluding hydrogens is 241 g/mol. The minimum atomic E-state index is -0.605. The van der Waals surface area contributed by atoms with E-state index in [2.05, 4.69) is 0 Å². The lowest BCUT2D eigenvalue weighted by Gasteiger charge is -2.25. The highest BCUT2D eigenvalue weighted by Crippen LogP contribution is 2.39. The van der Waals surface area contributed by atoms with Crippen LogP contribution in [0.1, 0.15) is 17.9 Å². The van der Waals surface area contributed by atoms with Gasteiger partial charge in [0.15, 0.2) is 0 Å². The summed E-state index contributed by atoms with van der Waals surface area (Å²) in [6.07, 6.45) is -0.605. The fourth-order valence-electron chi connectivity index (χ4n) is 1.87. The second kappa shape index (κ2) is 5.06. The molecule has 92 valence electrons. The number of aliphatic hydroxyl groups excluding tert-OH is 1. The van der Waals surface area contributed by atoms with Crippen LogP contribution >= 0.6 is 11.8 Å². The normalized spacial score (nSPS) is 21.9. The standard InChI is InChI=1S/C12H14FNO2S/c1-8(15)6-14-11(16)7-17-12(14)9-4-2-3-5-10(9)13/h2-5,8,12,15H,6-7H2,1H3/t8-,12-/m0/s1. The molecule has 0 radical (unpaired) electrons. The van der Waals surface area contributed by atoms with Gasteiger partial charge in [0, 0.05) is 12.1 Å². The Morgan fingerprint density at radius 3 is 2.94 bits per heavy atom. The summed E-state index contributed by atoms with van der Waals surface area (Å²) in [5.74, 6) is -0.0226. The summed E-state index contributed by atoms with van der Waals surface area (Å²) in [7, 11) is 0. The number of hydrogen-bond donors (Lipinski definition) is 1. The van der Waals surface area contributed by atoms with Gasteiger partial charge in [0.1, 0.15) is 11.2 Å². The van der Waals surface area contributed by atoms with Gasteiger partial charge in [0.2, 0.25) is 5.91 Å². The van der Waals surface area contributed by atoms with Crippen molar-refractivity contribution in [2.45, 2.75) is 18.4 Å². The van der Waals surface area contributed by atoms with Gasteiger partial charge in [-0.25, -0.2) is 4.39 Å². The first-order chi connectivity index (χ1) is 8.09. The van der Waals surface area contributed by atoms with Crippen molar-refractivity contribution < 1.29 is 14.3 Å². The van der Waals surface area contributed by atoms with E-state index in [1.807, 2.05) is 0 Å². The summed E-state index contributed by atoms with van der Waals surface area (Å²) in [6.45, 7) is 1.86. The first-order valence-corrected chi connectivity index (χ1v) is 6.48. The van der Waals surface area contributed by atoms with Crippen molar-refractivity contribution in [3.05, 3.63) is 35.6 Å². The van der Waals surface area contributed by atoms with Crippen molar-refractivity contribution in [2.75, 3.05) is 12.3 Å². The topological polar surface area (TPSA) is 40.5 Å². The molecule has 1 heterocycles. The predicted octanol–water partition coefficient (Wildman–Crippen LogP) is 1.78. The summed E-state index contributed by atoms with van der Waals surface area (Å²) < 4.78 is 13.7. The molecule has 0 aliphatic carbocycles. The van der Waals surface area contributed by atoms with Gasteiger partial charge in [-0.1, -0.05) is 18.2 Å². The molecule has 1 aliphatic heterocycles. The molecule has 5 heteroatoms. The summed E-state index contributed by atoms with van der Waals surface area (Å²) in [4.78, 5) is 13.2. The first-order valence-electron chi connectivity index (χ1n) is 5.43. The highest BCUT2D eigenvalue weighted by atomic mass is 32.2. The lowest BCUT2D eigenvalue weighted by Crippen LogP contribution is -2.34. The number of aliphatic hydroxyl groups is 1. The fourth-order valence-corrected chi connectivity index (χ4v) is 3.09. The molecule has 2 atom stereocenters. The molecule has 0 aromatic heterocycles. The van der Waals surface area contributed by atoms with Crippen LogP contribution in [0.25, 0.3) is 0 Å². The third kappa shape index (κ3) is 2.61. The third-order valence-corrected chi connectivity index (χ3v) is 3.84. The monoisotopic (exact) mass is 255 g/mol. The Morgan fingerprint density at radius 2 is 2.29 bits per heavy atom. The number of halogens is 1. The first kappa shape index (κ1) is 12.4. The van der Waals surface area contributed by atoms with E-state index in [1.165, 1.54) is 22.7 Å². The zero-order valence-electron chi connectivity index (χ0n) is 9.47. The van der Waals surface area contributed by atoms with E-state index in [0.717, 1.165) is 0 Å². The molecule has 1 N–H and O–H groups in total. The van der Waals surface area contributed by atoms with Gasteiger partial charge < -0.3 is 10.0 Å². The van der Waals surface area contributed by atoms with E-state index in [1.54, 1.807) is 25.1 Å². The predicted molar refractivity (Wildman–Crippen MR) is 65.0 cm³/mol. The maximum absolute atomic E-state index is 13.7. The number of rotatable bonds is 3. The van der Waals surface area contributed by atoms with Crippen LogP contribution in [0, 0.1) is 5.82 Å². The Bertz CT molecular complexity index is 425. The van der Waals surface area contributed by atoms with Gasteiger partial charge in [-0.15, -0.1) is 11.8 Å². The molecule has 1 aromatic carbocycles. The summed E-state index contributed by atoms with van der Waals surface area (Å²) in [6, 6.07) is 6.45.